The molecule has 14 heavy (non-hydrogen) atoms. The third-order valence-electron chi connectivity index (χ3n) is 2.56. The SMILES string of the molecule is CCC1=CC=C=Cc2ccc(C)cc21. The minimum absolute atomic E-state index is 1.07. The van der Waals surface area contributed by atoms with Gasteiger partial charge in [-0.2, -0.15) is 0 Å². The molecule has 1 aromatic rings. The summed E-state index contributed by atoms with van der Waals surface area (Å²) in [6.07, 6.45) is 7.27. The van der Waals surface area contributed by atoms with Crippen molar-refractivity contribution in [3.05, 3.63) is 52.8 Å². The van der Waals surface area contributed by atoms with E-state index in [4.69, 9.17) is 0 Å². The molecule has 0 spiro atoms. The molecule has 1 aromatic carbocycles. The monoisotopic (exact) mass is 182 g/mol. The molecule has 0 unspecified atom stereocenters. The maximum absolute atomic E-state index is 3.16. The zero-order valence-electron chi connectivity index (χ0n) is 8.67. The van der Waals surface area contributed by atoms with Gasteiger partial charge < -0.3 is 0 Å². The molecule has 0 heterocycles. The lowest BCUT2D eigenvalue weighted by Gasteiger charge is -2.08. The molecule has 2 rings (SSSR count). The second kappa shape index (κ2) is 3.69. The van der Waals surface area contributed by atoms with Crippen molar-refractivity contribution in [3.8, 4) is 0 Å². The molecule has 0 saturated carbocycles. The number of hydrogen-bond donors (Lipinski definition) is 0. The van der Waals surface area contributed by atoms with Crippen LogP contribution >= 0.6 is 0 Å². The number of rotatable bonds is 1. The normalized spacial score (nSPS) is 13.4. The summed E-state index contributed by atoms with van der Waals surface area (Å²) < 4.78 is 0. The Morgan fingerprint density at radius 2 is 2.14 bits per heavy atom. The zero-order chi connectivity index (χ0) is 9.97. The summed E-state index contributed by atoms with van der Waals surface area (Å²) in [4.78, 5) is 0. The van der Waals surface area contributed by atoms with E-state index in [1.54, 1.807) is 0 Å². The molecule has 0 heteroatoms. The quantitative estimate of drug-likeness (QED) is 0.576. The van der Waals surface area contributed by atoms with Gasteiger partial charge in [-0.05, 0) is 42.2 Å². The Morgan fingerprint density at radius 3 is 2.93 bits per heavy atom. The predicted octanol–water partition coefficient (Wildman–Crippen LogP) is 3.97. The second-order valence-corrected chi connectivity index (χ2v) is 3.61. The number of allylic oxidation sites excluding steroid dienone is 3. The van der Waals surface area contributed by atoms with Crippen molar-refractivity contribution >= 4 is 11.6 Å². The van der Waals surface area contributed by atoms with Gasteiger partial charge in [0.1, 0.15) is 0 Å². The first kappa shape index (κ1) is 9.05. The van der Waals surface area contributed by atoms with E-state index >= 15 is 0 Å². The molecular formula is C14H14. The van der Waals surface area contributed by atoms with E-state index in [9.17, 15) is 0 Å². The van der Waals surface area contributed by atoms with E-state index < -0.39 is 0 Å². The first-order valence-electron chi connectivity index (χ1n) is 5.04. The van der Waals surface area contributed by atoms with E-state index in [0.29, 0.717) is 0 Å². The number of aryl methyl sites for hydroxylation is 1. The highest BCUT2D eigenvalue weighted by atomic mass is 14.1. The molecule has 0 atom stereocenters. The number of benzene rings is 1. The first-order valence-corrected chi connectivity index (χ1v) is 5.04. The first-order chi connectivity index (χ1) is 6.81. The Balaban J connectivity index is 2.64. The van der Waals surface area contributed by atoms with Crippen molar-refractivity contribution in [2.24, 2.45) is 0 Å². The molecular weight excluding hydrogens is 168 g/mol. The summed E-state index contributed by atoms with van der Waals surface area (Å²) in [6, 6.07) is 6.57. The summed E-state index contributed by atoms with van der Waals surface area (Å²) >= 11 is 0. The van der Waals surface area contributed by atoms with Gasteiger partial charge in [0.15, 0.2) is 0 Å². The molecule has 0 amide bonds. The third-order valence-corrected chi connectivity index (χ3v) is 2.56. The van der Waals surface area contributed by atoms with Gasteiger partial charge in [-0.25, -0.2) is 0 Å². The van der Waals surface area contributed by atoms with Gasteiger partial charge >= 0.3 is 0 Å². The minimum atomic E-state index is 1.07. The van der Waals surface area contributed by atoms with Gasteiger partial charge in [0, 0.05) is 0 Å². The molecule has 0 radical (unpaired) electrons. The van der Waals surface area contributed by atoms with Crippen LogP contribution < -0.4 is 0 Å². The van der Waals surface area contributed by atoms with Gasteiger partial charge in [0.2, 0.25) is 0 Å². The van der Waals surface area contributed by atoms with Crippen LogP contribution in [0.15, 0.2) is 36.1 Å². The zero-order valence-corrected chi connectivity index (χ0v) is 8.67. The van der Waals surface area contributed by atoms with Crippen LogP contribution in [0.4, 0.5) is 0 Å². The second-order valence-electron chi connectivity index (χ2n) is 3.61. The average molecular weight is 182 g/mol. The number of hydrogen-bond acceptors (Lipinski definition) is 0. The van der Waals surface area contributed by atoms with Gasteiger partial charge in [0.25, 0.3) is 0 Å². The molecule has 0 aliphatic heterocycles. The summed E-state index contributed by atoms with van der Waals surface area (Å²) in [7, 11) is 0. The van der Waals surface area contributed by atoms with Crippen molar-refractivity contribution in [2.75, 3.05) is 0 Å². The van der Waals surface area contributed by atoms with E-state index in [1.165, 1.54) is 22.3 Å². The fraction of sp³-hybridized carbons (Fsp3) is 0.214. The van der Waals surface area contributed by atoms with E-state index in [0.717, 1.165) is 6.42 Å². The summed E-state index contributed by atoms with van der Waals surface area (Å²) in [5.74, 6) is 0. The highest BCUT2D eigenvalue weighted by molar-refractivity contribution is 5.77. The van der Waals surface area contributed by atoms with Crippen LogP contribution in [0.3, 0.4) is 0 Å². The van der Waals surface area contributed by atoms with E-state index in [-0.39, 0.29) is 0 Å². The van der Waals surface area contributed by atoms with Crippen molar-refractivity contribution in [1.82, 2.24) is 0 Å². The van der Waals surface area contributed by atoms with Crippen LogP contribution in [0.1, 0.15) is 30.0 Å². The fourth-order valence-electron chi connectivity index (χ4n) is 1.76. The molecule has 0 N–H and O–H groups in total. The molecule has 1 aliphatic rings. The molecule has 0 fully saturated rings. The van der Waals surface area contributed by atoms with Gasteiger partial charge in [0.05, 0.1) is 0 Å². The van der Waals surface area contributed by atoms with E-state index in [1.807, 2.05) is 12.2 Å². The Labute approximate surface area is 85.3 Å². The minimum Gasteiger partial charge on any atom is -0.120 e. The van der Waals surface area contributed by atoms with Crippen molar-refractivity contribution in [1.29, 1.82) is 0 Å². The molecule has 0 bridgehead atoms. The smallest absolute Gasteiger partial charge is 0.0104 e. The standard InChI is InChI=1S/C14H14/c1-3-12-6-4-5-7-13-9-8-11(2)10-14(12)13/h4,6-10H,3H2,1-2H3. The highest BCUT2D eigenvalue weighted by Crippen LogP contribution is 2.25. The van der Waals surface area contributed by atoms with Crippen molar-refractivity contribution in [2.45, 2.75) is 20.3 Å². The Morgan fingerprint density at radius 1 is 1.29 bits per heavy atom. The average Bonchev–Trinajstić information content (AvgIpc) is 2.39. The topological polar surface area (TPSA) is 0 Å². The molecule has 70 valence electrons. The van der Waals surface area contributed by atoms with Gasteiger partial charge in [-0.1, -0.05) is 36.8 Å². The fourth-order valence-corrected chi connectivity index (χ4v) is 1.76. The maximum atomic E-state index is 3.16. The lowest BCUT2D eigenvalue weighted by molar-refractivity contribution is 1.23. The molecule has 0 aromatic heterocycles. The third kappa shape index (κ3) is 1.57. The maximum Gasteiger partial charge on any atom is -0.0104 e. The van der Waals surface area contributed by atoms with Crippen molar-refractivity contribution in [3.63, 3.8) is 0 Å². The van der Waals surface area contributed by atoms with Crippen LogP contribution in [0, 0.1) is 6.92 Å². The Hall–Kier alpha value is -1.52. The van der Waals surface area contributed by atoms with Gasteiger partial charge in [-0.15, -0.1) is 5.73 Å². The Bertz CT molecular complexity index is 441. The Kier molecular flexibility index (Phi) is 2.39. The van der Waals surface area contributed by atoms with E-state index in [2.05, 4.69) is 43.9 Å². The van der Waals surface area contributed by atoms with Crippen LogP contribution in [-0.4, -0.2) is 0 Å². The summed E-state index contributed by atoms with van der Waals surface area (Å²) in [5.41, 5.74) is 8.50. The molecule has 0 saturated heterocycles. The van der Waals surface area contributed by atoms with Crippen LogP contribution in [0.25, 0.3) is 11.6 Å². The van der Waals surface area contributed by atoms with Crippen molar-refractivity contribution < 1.29 is 0 Å². The largest absolute Gasteiger partial charge is 0.120 e. The van der Waals surface area contributed by atoms with Crippen LogP contribution in [-0.2, 0) is 0 Å². The van der Waals surface area contributed by atoms with Gasteiger partial charge in [-0.3, -0.25) is 0 Å². The molecule has 0 nitrogen and oxygen atoms in total. The summed E-state index contributed by atoms with van der Waals surface area (Å²) in [5, 5.41) is 0. The lowest BCUT2D eigenvalue weighted by Crippen LogP contribution is -1.88. The number of fused-ring (bicyclic) bond motifs is 1. The molecule has 1 aliphatic carbocycles. The van der Waals surface area contributed by atoms with Crippen LogP contribution in [0.2, 0.25) is 0 Å². The lowest BCUT2D eigenvalue weighted by atomic mass is 9.96. The highest BCUT2D eigenvalue weighted by Gasteiger charge is 2.05. The summed E-state index contributed by atoms with van der Waals surface area (Å²) in [6.45, 7) is 4.33. The van der Waals surface area contributed by atoms with Crippen LogP contribution in [0.5, 0.6) is 0 Å². The predicted molar refractivity (Wildman–Crippen MR) is 62.0 cm³/mol.